The zero-order valence-corrected chi connectivity index (χ0v) is 18.7. The third-order valence-corrected chi connectivity index (χ3v) is 5.10. The first kappa shape index (κ1) is 26.0. The molecule has 10 heteroatoms. The minimum Gasteiger partial charge on any atom is -0.444 e. The Morgan fingerprint density at radius 1 is 1.15 bits per heavy atom. The molecule has 4 atom stereocenters. The van der Waals surface area contributed by atoms with Crippen LogP contribution in [-0.4, -0.2) is 63.7 Å². The number of benzene rings is 1. The molecule has 2 rings (SSSR count). The minimum absolute atomic E-state index is 0.0177. The summed E-state index contributed by atoms with van der Waals surface area (Å²) in [4.78, 5) is 50.8. The number of hydrogen-bond acceptors (Lipinski definition) is 7. The van der Waals surface area contributed by atoms with Crippen molar-refractivity contribution in [1.29, 1.82) is 0 Å². The van der Waals surface area contributed by atoms with Crippen molar-refractivity contribution in [1.82, 2.24) is 10.2 Å². The van der Waals surface area contributed by atoms with Crippen molar-refractivity contribution >= 4 is 23.8 Å². The lowest BCUT2D eigenvalue weighted by molar-refractivity contribution is -0.139. The van der Waals surface area contributed by atoms with Crippen LogP contribution in [0.2, 0.25) is 0 Å². The van der Waals surface area contributed by atoms with Crippen LogP contribution in [0.1, 0.15) is 32.3 Å². The van der Waals surface area contributed by atoms with E-state index in [9.17, 15) is 29.4 Å². The maximum atomic E-state index is 13.2. The highest BCUT2D eigenvalue weighted by Crippen LogP contribution is 2.21. The highest BCUT2D eigenvalue weighted by Gasteiger charge is 2.36. The zero-order chi connectivity index (χ0) is 24.5. The van der Waals surface area contributed by atoms with E-state index >= 15 is 0 Å². The van der Waals surface area contributed by atoms with Crippen LogP contribution in [0.15, 0.2) is 42.5 Å². The number of imide groups is 1. The van der Waals surface area contributed by atoms with Crippen LogP contribution >= 0.6 is 0 Å². The van der Waals surface area contributed by atoms with Crippen LogP contribution < -0.4 is 11.1 Å². The van der Waals surface area contributed by atoms with Gasteiger partial charge in [-0.25, -0.2) is 9.69 Å². The van der Waals surface area contributed by atoms with Gasteiger partial charge in [0.05, 0.1) is 18.1 Å². The molecule has 0 fully saturated rings. The molecule has 0 spiro atoms. The molecule has 0 bridgehead atoms. The number of primary amides is 1. The topological polar surface area (TPSA) is 159 Å². The number of nitrogens with zero attached hydrogens (tertiary/aromatic N) is 1. The Balaban J connectivity index is 2.17. The Morgan fingerprint density at radius 3 is 2.42 bits per heavy atom. The number of hydrogen-bond donors (Lipinski definition) is 4. The first-order valence-corrected chi connectivity index (χ1v) is 10.7. The summed E-state index contributed by atoms with van der Waals surface area (Å²) in [7, 11) is 0. The van der Waals surface area contributed by atoms with Crippen molar-refractivity contribution in [2.45, 2.75) is 51.5 Å². The highest BCUT2D eigenvalue weighted by molar-refractivity contribution is 6.00. The third kappa shape index (κ3) is 7.99. The van der Waals surface area contributed by atoms with Gasteiger partial charge in [-0.05, 0) is 24.3 Å². The maximum absolute atomic E-state index is 13.2. The third-order valence-electron chi connectivity index (χ3n) is 5.10. The summed E-state index contributed by atoms with van der Waals surface area (Å²) in [6.07, 6.45) is -0.241. The van der Waals surface area contributed by atoms with E-state index in [1.54, 1.807) is 30.3 Å². The summed E-state index contributed by atoms with van der Waals surface area (Å²) in [5, 5.41) is 22.4. The van der Waals surface area contributed by atoms with E-state index < -0.39 is 54.5 Å². The molecule has 5 N–H and O–H groups in total. The van der Waals surface area contributed by atoms with Gasteiger partial charge >= 0.3 is 6.09 Å². The van der Waals surface area contributed by atoms with Gasteiger partial charge in [0.15, 0.2) is 0 Å². The summed E-state index contributed by atoms with van der Waals surface area (Å²) in [6.45, 7) is 2.80. The second kappa shape index (κ2) is 12.1. The molecular formula is C23H31N3O7. The fourth-order valence-electron chi connectivity index (χ4n) is 3.46. The Kier molecular flexibility index (Phi) is 9.56. The maximum Gasteiger partial charge on any atom is 0.417 e. The Hall–Kier alpha value is -3.24. The van der Waals surface area contributed by atoms with E-state index in [1.807, 2.05) is 13.8 Å². The van der Waals surface area contributed by atoms with E-state index in [4.69, 9.17) is 10.5 Å². The predicted octanol–water partition coefficient (Wildman–Crippen LogP) is 0.466. The van der Waals surface area contributed by atoms with Crippen LogP contribution in [0.5, 0.6) is 0 Å². The van der Waals surface area contributed by atoms with E-state index in [1.165, 1.54) is 12.2 Å². The van der Waals surface area contributed by atoms with Crippen LogP contribution in [0.25, 0.3) is 0 Å². The Labute approximate surface area is 192 Å². The first-order chi connectivity index (χ1) is 15.6. The number of carbonyl (C=O) groups excluding carboxylic acids is 4. The van der Waals surface area contributed by atoms with Gasteiger partial charge < -0.3 is 26.0 Å². The van der Waals surface area contributed by atoms with Gasteiger partial charge in [-0.1, -0.05) is 56.3 Å². The summed E-state index contributed by atoms with van der Waals surface area (Å²) in [5.74, 6) is -3.46. The summed E-state index contributed by atoms with van der Waals surface area (Å²) in [6, 6.07) is 7.61. The lowest BCUT2D eigenvalue weighted by atomic mass is 9.88. The molecule has 0 heterocycles. The minimum atomic E-state index is -1.17. The van der Waals surface area contributed by atoms with Gasteiger partial charge in [-0.3, -0.25) is 14.4 Å². The molecule has 1 aromatic rings. The number of aliphatic hydroxyl groups excluding tert-OH is 2. The van der Waals surface area contributed by atoms with Crippen LogP contribution in [-0.2, 0) is 25.7 Å². The number of nitrogens with one attached hydrogen (secondary N) is 1. The van der Waals surface area contributed by atoms with E-state index in [2.05, 4.69) is 5.32 Å². The van der Waals surface area contributed by atoms with Crippen LogP contribution in [0.4, 0.5) is 4.79 Å². The number of rotatable bonds is 9. The van der Waals surface area contributed by atoms with E-state index in [-0.39, 0.29) is 25.4 Å². The van der Waals surface area contributed by atoms with Gasteiger partial charge in [0.2, 0.25) is 11.8 Å². The Morgan fingerprint density at radius 2 is 1.82 bits per heavy atom. The van der Waals surface area contributed by atoms with Gasteiger partial charge in [-0.15, -0.1) is 0 Å². The van der Waals surface area contributed by atoms with Crippen LogP contribution in [0, 0.1) is 11.8 Å². The SMILES string of the molecule is CC(C)C[C@H](NC(=O)C1CC(O)C=CC1O)C(=O)N(CC(N)=O)C(=O)OCc1ccccc1. The van der Waals surface area contributed by atoms with Crippen molar-refractivity contribution in [2.75, 3.05) is 6.54 Å². The van der Waals surface area contributed by atoms with Gasteiger partial charge in [0.1, 0.15) is 19.2 Å². The van der Waals surface area contributed by atoms with Gasteiger partial charge in [0.25, 0.3) is 5.91 Å². The standard InChI is InChI=1S/C23H31N3O7/c1-14(2)10-18(25-21(30)17-11-16(27)8-9-19(17)28)22(31)26(12-20(24)29)23(32)33-13-15-6-4-3-5-7-15/h3-9,14,16-19,27-28H,10-13H2,1-2H3,(H2,24,29)(H,25,30)/t16?,17?,18-,19?/m0/s1. The molecule has 0 saturated heterocycles. The molecule has 180 valence electrons. The molecule has 33 heavy (non-hydrogen) atoms. The molecule has 1 aromatic carbocycles. The van der Waals surface area contributed by atoms with Crippen molar-refractivity contribution in [3.63, 3.8) is 0 Å². The summed E-state index contributed by atoms with van der Waals surface area (Å²) < 4.78 is 5.18. The predicted molar refractivity (Wildman–Crippen MR) is 118 cm³/mol. The van der Waals surface area contributed by atoms with Crippen molar-refractivity contribution < 1.29 is 34.1 Å². The average molecular weight is 462 g/mol. The number of carbonyl (C=O) groups is 4. The van der Waals surface area contributed by atoms with Crippen molar-refractivity contribution in [2.24, 2.45) is 17.6 Å². The first-order valence-electron chi connectivity index (χ1n) is 10.7. The second-order valence-corrected chi connectivity index (χ2v) is 8.41. The summed E-state index contributed by atoms with van der Waals surface area (Å²) >= 11 is 0. The second-order valence-electron chi connectivity index (χ2n) is 8.41. The fourth-order valence-corrected chi connectivity index (χ4v) is 3.46. The molecular weight excluding hydrogens is 430 g/mol. The molecule has 0 aliphatic heterocycles. The normalized spacial score (nSPS) is 20.7. The smallest absolute Gasteiger partial charge is 0.417 e. The number of ether oxygens (including phenoxy) is 1. The summed E-state index contributed by atoms with van der Waals surface area (Å²) in [5.41, 5.74) is 5.92. The largest absolute Gasteiger partial charge is 0.444 e. The van der Waals surface area contributed by atoms with E-state index in [0.29, 0.717) is 10.5 Å². The molecule has 0 saturated carbocycles. The lowest BCUT2D eigenvalue weighted by Crippen LogP contribution is -2.55. The molecule has 4 amide bonds. The van der Waals surface area contributed by atoms with Crippen molar-refractivity contribution in [3.8, 4) is 0 Å². The monoisotopic (exact) mass is 461 g/mol. The fraction of sp³-hybridized carbons (Fsp3) is 0.478. The molecule has 10 nitrogen and oxygen atoms in total. The molecule has 0 radical (unpaired) electrons. The van der Waals surface area contributed by atoms with E-state index in [0.717, 1.165) is 0 Å². The number of aliphatic hydroxyl groups is 2. The lowest BCUT2D eigenvalue weighted by Gasteiger charge is -2.30. The quantitative estimate of drug-likeness (QED) is 0.389. The molecule has 1 aliphatic rings. The van der Waals surface area contributed by atoms with Crippen molar-refractivity contribution in [3.05, 3.63) is 48.0 Å². The molecule has 0 aromatic heterocycles. The number of amides is 4. The van der Waals surface area contributed by atoms with Gasteiger partial charge in [0, 0.05) is 0 Å². The highest BCUT2D eigenvalue weighted by atomic mass is 16.6. The van der Waals surface area contributed by atoms with Crippen LogP contribution in [0.3, 0.4) is 0 Å². The Bertz CT molecular complexity index is 872. The average Bonchev–Trinajstić information content (AvgIpc) is 2.76. The zero-order valence-electron chi connectivity index (χ0n) is 18.7. The van der Waals surface area contributed by atoms with Gasteiger partial charge in [-0.2, -0.15) is 0 Å². The molecule has 1 aliphatic carbocycles. The molecule has 3 unspecified atom stereocenters. The number of nitrogens with two attached hydrogens (primary N) is 1.